The molecule has 17 heteroatoms. The molecule has 43 heavy (non-hydrogen) atoms. The zero-order valence-electron chi connectivity index (χ0n) is 21.4. The number of pyridine rings is 2. The summed E-state index contributed by atoms with van der Waals surface area (Å²) in [6, 6.07) is 7.06. The minimum atomic E-state index is -4.65. The first-order chi connectivity index (χ1) is 20.6. The van der Waals surface area contributed by atoms with E-state index in [0.717, 1.165) is 30.9 Å². The van der Waals surface area contributed by atoms with Gasteiger partial charge in [-0.25, -0.2) is 8.78 Å². The Kier molecular flexibility index (Phi) is 7.05. The lowest BCUT2D eigenvalue weighted by molar-refractivity contribution is -0.615. The second-order valence-corrected chi connectivity index (χ2v) is 9.62. The summed E-state index contributed by atoms with van der Waals surface area (Å²) in [5.41, 5.74) is -0.169. The molecule has 6 aromatic rings. The van der Waals surface area contributed by atoms with E-state index in [4.69, 9.17) is 11.6 Å². The van der Waals surface area contributed by atoms with Gasteiger partial charge in [0.25, 0.3) is 0 Å². The fourth-order valence-corrected chi connectivity index (χ4v) is 4.68. The second-order valence-electron chi connectivity index (χ2n) is 9.21. The average molecular weight is 615 g/mol. The molecule has 6 rings (SSSR count). The van der Waals surface area contributed by atoms with E-state index in [-0.39, 0.29) is 39.6 Å². The van der Waals surface area contributed by atoms with Crippen molar-refractivity contribution >= 4 is 11.6 Å². The van der Waals surface area contributed by atoms with Gasteiger partial charge in [-0.3, -0.25) is 14.3 Å². The molecule has 5 aromatic heterocycles. The number of tetrazole rings is 1. The quantitative estimate of drug-likeness (QED) is 0.146. The lowest BCUT2D eigenvalue weighted by Crippen LogP contribution is -2.37. The van der Waals surface area contributed by atoms with E-state index in [1.807, 2.05) is 0 Å². The summed E-state index contributed by atoms with van der Waals surface area (Å²) in [5.74, 6) is -1.42. The van der Waals surface area contributed by atoms with Gasteiger partial charge in [0.05, 0.1) is 47.0 Å². The molecule has 0 bridgehead atoms. The van der Waals surface area contributed by atoms with Crippen molar-refractivity contribution in [2.45, 2.75) is 18.8 Å². The van der Waals surface area contributed by atoms with Crippen LogP contribution in [0.2, 0.25) is 5.02 Å². The number of alkyl halides is 3. The Balaban J connectivity index is 1.42. The molecule has 0 saturated carbocycles. The first kappa shape index (κ1) is 27.9. The summed E-state index contributed by atoms with van der Waals surface area (Å²) in [5, 5.41) is 32.4. The summed E-state index contributed by atoms with van der Waals surface area (Å²) >= 11 is 6.04. The fourth-order valence-electron chi connectivity index (χ4n) is 4.53. The van der Waals surface area contributed by atoms with Crippen molar-refractivity contribution in [1.82, 2.24) is 44.8 Å². The minimum Gasteiger partial charge on any atom is -0.618 e. The Labute approximate surface area is 243 Å². The van der Waals surface area contributed by atoms with E-state index in [0.29, 0.717) is 10.3 Å². The maximum absolute atomic E-state index is 15.3. The Morgan fingerprint density at radius 2 is 1.81 bits per heavy atom. The van der Waals surface area contributed by atoms with Gasteiger partial charge in [-0.1, -0.05) is 11.6 Å². The summed E-state index contributed by atoms with van der Waals surface area (Å²) in [6.07, 6.45) is 3.62. The zero-order chi connectivity index (χ0) is 30.3. The van der Waals surface area contributed by atoms with Crippen LogP contribution >= 0.6 is 11.6 Å². The number of hydrogen-bond acceptors (Lipinski definition) is 7. The van der Waals surface area contributed by atoms with Crippen molar-refractivity contribution in [3.63, 3.8) is 0 Å². The van der Waals surface area contributed by atoms with Gasteiger partial charge in [-0.2, -0.15) is 32.8 Å². The summed E-state index contributed by atoms with van der Waals surface area (Å²) < 4.78 is 73.0. The first-order valence-electron chi connectivity index (χ1n) is 12.3. The third-order valence-electron chi connectivity index (χ3n) is 6.51. The number of rotatable bonds is 7. The third-order valence-corrected chi connectivity index (χ3v) is 6.80. The van der Waals surface area contributed by atoms with E-state index >= 15 is 4.39 Å². The molecular formula is C26H16ClF5N10O. The molecule has 1 aromatic carbocycles. The SMILES string of the molecule is [O-][n+]1cc(-c2c(-n3cnnn3)ccc(Cl)c2F)ccc1[C@H](Cn1cc(F)cn1)n1cc(-c2ccnc(C(F)(F)F)c2)cn1. The molecule has 0 aliphatic carbocycles. The highest BCUT2D eigenvalue weighted by atomic mass is 35.5. The Morgan fingerprint density at radius 1 is 0.977 bits per heavy atom. The van der Waals surface area contributed by atoms with Gasteiger partial charge in [0.15, 0.2) is 23.9 Å². The monoisotopic (exact) mass is 614 g/mol. The zero-order valence-corrected chi connectivity index (χ0v) is 22.2. The second kappa shape index (κ2) is 10.9. The highest BCUT2D eigenvalue weighted by molar-refractivity contribution is 6.31. The number of hydrogen-bond donors (Lipinski definition) is 0. The van der Waals surface area contributed by atoms with Crippen LogP contribution in [0.15, 0.2) is 79.9 Å². The molecule has 0 unspecified atom stereocenters. The molecular weight excluding hydrogens is 599 g/mol. The van der Waals surface area contributed by atoms with Gasteiger partial charge in [0, 0.05) is 24.0 Å². The van der Waals surface area contributed by atoms with E-state index < -0.39 is 29.5 Å². The van der Waals surface area contributed by atoms with Crippen molar-refractivity contribution in [3.05, 3.63) is 113 Å². The standard InChI is InChI=1S/C26H16ClF5N10O/c27-19-2-4-21(41-14-34-37-38-41)24(25(19)29)16-1-3-20(42(43)11-16)22(13-39-12-18(28)9-35-39)40-10-17(8-36-40)15-5-6-33-23(7-15)26(30,31)32/h1-12,14,22H,13H2/t22-/m0/s1. The highest BCUT2D eigenvalue weighted by Crippen LogP contribution is 2.34. The van der Waals surface area contributed by atoms with Crippen LogP contribution in [0.5, 0.6) is 0 Å². The van der Waals surface area contributed by atoms with Crippen molar-refractivity contribution in [2.24, 2.45) is 0 Å². The van der Waals surface area contributed by atoms with E-state index in [1.165, 1.54) is 63.1 Å². The molecule has 0 radical (unpaired) electrons. The van der Waals surface area contributed by atoms with Crippen LogP contribution < -0.4 is 4.73 Å². The molecule has 0 saturated heterocycles. The van der Waals surface area contributed by atoms with Gasteiger partial charge in [-0.05, 0) is 46.3 Å². The molecule has 0 fully saturated rings. The van der Waals surface area contributed by atoms with Crippen LogP contribution in [0.1, 0.15) is 17.4 Å². The van der Waals surface area contributed by atoms with Gasteiger partial charge < -0.3 is 5.21 Å². The molecule has 5 heterocycles. The summed E-state index contributed by atoms with van der Waals surface area (Å²) in [4.78, 5) is 3.37. The number of benzene rings is 1. The normalized spacial score (nSPS) is 12.5. The molecule has 1 atom stereocenters. The summed E-state index contributed by atoms with van der Waals surface area (Å²) in [6.45, 7) is -0.0851. The maximum Gasteiger partial charge on any atom is 0.433 e. The van der Waals surface area contributed by atoms with Gasteiger partial charge >= 0.3 is 6.18 Å². The largest absolute Gasteiger partial charge is 0.618 e. The predicted octanol–water partition coefficient (Wildman–Crippen LogP) is 4.66. The smallest absolute Gasteiger partial charge is 0.433 e. The van der Waals surface area contributed by atoms with E-state index in [2.05, 4.69) is 30.7 Å². The van der Waals surface area contributed by atoms with Crippen LogP contribution in [0.25, 0.3) is 27.9 Å². The predicted molar refractivity (Wildman–Crippen MR) is 139 cm³/mol. The molecule has 0 N–H and O–H groups in total. The maximum atomic E-state index is 15.3. The van der Waals surface area contributed by atoms with Gasteiger partial charge in [-0.15, -0.1) is 5.10 Å². The summed E-state index contributed by atoms with van der Waals surface area (Å²) in [7, 11) is 0. The Morgan fingerprint density at radius 3 is 2.51 bits per heavy atom. The van der Waals surface area contributed by atoms with E-state index in [9.17, 15) is 22.8 Å². The van der Waals surface area contributed by atoms with Crippen LogP contribution in [-0.4, -0.2) is 44.8 Å². The van der Waals surface area contributed by atoms with E-state index in [1.54, 1.807) is 0 Å². The van der Waals surface area contributed by atoms with Crippen LogP contribution in [0.4, 0.5) is 22.0 Å². The van der Waals surface area contributed by atoms with Crippen LogP contribution in [0, 0.1) is 16.8 Å². The lowest BCUT2D eigenvalue weighted by Gasteiger charge is -2.18. The van der Waals surface area contributed by atoms with Gasteiger partial charge in [0.2, 0.25) is 5.69 Å². The topological polar surface area (TPSA) is 119 Å². The van der Waals surface area contributed by atoms with Crippen LogP contribution in [0.3, 0.4) is 0 Å². The molecule has 0 aliphatic rings. The van der Waals surface area contributed by atoms with Crippen LogP contribution in [-0.2, 0) is 12.7 Å². The third kappa shape index (κ3) is 5.51. The molecule has 0 amide bonds. The lowest BCUT2D eigenvalue weighted by atomic mass is 10.0. The van der Waals surface area contributed by atoms with Crippen molar-refractivity contribution in [3.8, 4) is 27.9 Å². The molecule has 11 nitrogen and oxygen atoms in total. The number of nitrogens with zero attached hydrogens (tertiary/aromatic N) is 10. The fraction of sp³-hybridized carbons (Fsp3) is 0.115. The number of aromatic nitrogens is 10. The van der Waals surface area contributed by atoms with Crippen molar-refractivity contribution in [1.29, 1.82) is 0 Å². The highest BCUT2D eigenvalue weighted by Gasteiger charge is 2.33. The average Bonchev–Trinajstić information content (AvgIpc) is 3.76. The van der Waals surface area contributed by atoms with Crippen molar-refractivity contribution in [2.75, 3.05) is 0 Å². The Hall–Kier alpha value is -5.25. The van der Waals surface area contributed by atoms with Gasteiger partial charge in [0.1, 0.15) is 12.0 Å². The van der Waals surface area contributed by atoms with Crippen molar-refractivity contribution < 1.29 is 26.7 Å². The Bertz CT molecular complexity index is 1920. The number of halogens is 6. The molecule has 218 valence electrons. The first-order valence-corrected chi connectivity index (χ1v) is 12.7. The molecule has 0 spiro atoms. The molecule has 0 aliphatic heterocycles. The minimum absolute atomic E-state index is 0.0406.